The lowest BCUT2D eigenvalue weighted by molar-refractivity contribution is -0.194. The van der Waals surface area contributed by atoms with E-state index < -0.39 is 48.6 Å². The van der Waals surface area contributed by atoms with Crippen molar-refractivity contribution < 1.29 is 39.5 Å². The zero-order valence-corrected chi connectivity index (χ0v) is 11.9. The van der Waals surface area contributed by atoms with Crippen LogP contribution in [0.1, 0.15) is 27.7 Å². The first kappa shape index (κ1) is 18.8. The average molecular weight is 294 g/mol. The highest BCUT2D eigenvalue weighted by atomic mass is 16.6. The van der Waals surface area contributed by atoms with E-state index in [1.165, 1.54) is 0 Å². The molecule has 0 amide bonds. The SMILES string of the molecule is CC(C)OC(C(=O)O)C(O)[C@@H](OC(C)C)[C@H](O)C(=O)O. The molecular formula is C12H22O8. The van der Waals surface area contributed by atoms with E-state index >= 15 is 0 Å². The maximum absolute atomic E-state index is 11.1. The van der Waals surface area contributed by atoms with Crippen LogP contribution in [-0.2, 0) is 19.1 Å². The van der Waals surface area contributed by atoms with Crippen LogP contribution in [0.25, 0.3) is 0 Å². The van der Waals surface area contributed by atoms with Crippen LogP contribution in [-0.4, -0.2) is 69.0 Å². The number of carboxylic acid groups (broad SMARTS) is 2. The van der Waals surface area contributed by atoms with Gasteiger partial charge in [-0.1, -0.05) is 0 Å². The molecule has 4 N–H and O–H groups in total. The number of hydrogen-bond donors (Lipinski definition) is 4. The molecule has 20 heavy (non-hydrogen) atoms. The Hall–Kier alpha value is -1.22. The molecule has 0 aliphatic heterocycles. The summed E-state index contributed by atoms with van der Waals surface area (Å²) in [6.07, 6.45) is -8.24. The molecule has 0 aliphatic carbocycles. The van der Waals surface area contributed by atoms with Gasteiger partial charge in [-0.05, 0) is 27.7 Å². The van der Waals surface area contributed by atoms with Crippen molar-refractivity contribution in [2.45, 2.75) is 64.3 Å². The second kappa shape index (κ2) is 8.15. The number of aliphatic hydroxyl groups is 2. The average Bonchev–Trinajstić information content (AvgIpc) is 2.30. The van der Waals surface area contributed by atoms with E-state index in [1.54, 1.807) is 27.7 Å². The van der Waals surface area contributed by atoms with Crippen molar-refractivity contribution in [3.05, 3.63) is 0 Å². The quantitative estimate of drug-likeness (QED) is 0.445. The molecule has 0 radical (unpaired) electrons. The van der Waals surface area contributed by atoms with E-state index in [2.05, 4.69) is 0 Å². The molecule has 0 spiro atoms. The molecule has 0 aromatic heterocycles. The number of ether oxygens (including phenoxy) is 2. The summed E-state index contributed by atoms with van der Waals surface area (Å²) in [6.45, 7) is 6.25. The Labute approximate surface area is 116 Å². The Morgan fingerprint density at radius 2 is 1.30 bits per heavy atom. The lowest BCUT2D eigenvalue weighted by atomic mass is 10.0. The first-order chi connectivity index (χ1) is 9.07. The summed E-state index contributed by atoms with van der Waals surface area (Å²) in [5.41, 5.74) is 0. The minimum atomic E-state index is -2.06. The van der Waals surface area contributed by atoms with Gasteiger partial charge < -0.3 is 29.9 Å². The van der Waals surface area contributed by atoms with Crippen LogP contribution in [0.15, 0.2) is 0 Å². The van der Waals surface area contributed by atoms with E-state index in [0.29, 0.717) is 0 Å². The third-order valence-electron chi connectivity index (χ3n) is 2.30. The molecule has 2 unspecified atom stereocenters. The minimum absolute atomic E-state index is 0.507. The summed E-state index contributed by atoms with van der Waals surface area (Å²) >= 11 is 0. The van der Waals surface area contributed by atoms with E-state index in [4.69, 9.17) is 19.7 Å². The fraction of sp³-hybridized carbons (Fsp3) is 0.833. The number of rotatable bonds is 9. The van der Waals surface area contributed by atoms with Crippen molar-refractivity contribution in [2.75, 3.05) is 0 Å². The smallest absolute Gasteiger partial charge is 0.335 e. The van der Waals surface area contributed by atoms with Gasteiger partial charge in [-0.25, -0.2) is 9.59 Å². The molecule has 0 heterocycles. The summed E-state index contributed by atoms with van der Waals surface area (Å²) in [5.74, 6) is -3.09. The van der Waals surface area contributed by atoms with Gasteiger partial charge in [0.2, 0.25) is 0 Å². The summed E-state index contributed by atoms with van der Waals surface area (Å²) in [6, 6.07) is 0. The van der Waals surface area contributed by atoms with Gasteiger partial charge in [-0.3, -0.25) is 0 Å². The number of hydrogen-bond acceptors (Lipinski definition) is 6. The summed E-state index contributed by atoms with van der Waals surface area (Å²) in [4.78, 5) is 21.9. The van der Waals surface area contributed by atoms with E-state index in [9.17, 15) is 19.8 Å². The van der Waals surface area contributed by atoms with E-state index in [-0.39, 0.29) is 0 Å². The van der Waals surface area contributed by atoms with Gasteiger partial charge in [0.1, 0.15) is 12.2 Å². The van der Waals surface area contributed by atoms with Gasteiger partial charge >= 0.3 is 11.9 Å². The fourth-order valence-electron chi connectivity index (χ4n) is 1.55. The highest BCUT2D eigenvalue weighted by Gasteiger charge is 2.41. The Balaban J connectivity index is 5.20. The lowest BCUT2D eigenvalue weighted by Crippen LogP contribution is -2.53. The Kier molecular flexibility index (Phi) is 7.66. The van der Waals surface area contributed by atoms with Crippen LogP contribution in [0.3, 0.4) is 0 Å². The normalized spacial score (nSPS) is 17.8. The second-order valence-corrected chi connectivity index (χ2v) is 4.87. The molecule has 118 valence electrons. The van der Waals surface area contributed by atoms with Crippen LogP contribution in [0.4, 0.5) is 0 Å². The van der Waals surface area contributed by atoms with Crippen LogP contribution in [0.5, 0.6) is 0 Å². The van der Waals surface area contributed by atoms with Gasteiger partial charge in [0.05, 0.1) is 12.2 Å². The summed E-state index contributed by atoms with van der Waals surface area (Å²) in [5, 5.41) is 37.4. The first-order valence-electron chi connectivity index (χ1n) is 6.20. The Bertz CT molecular complexity index is 327. The first-order valence-corrected chi connectivity index (χ1v) is 6.20. The van der Waals surface area contributed by atoms with Gasteiger partial charge in [-0.15, -0.1) is 0 Å². The largest absolute Gasteiger partial charge is 0.479 e. The van der Waals surface area contributed by atoms with Gasteiger partial charge in [0, 0.05) is 0 Å². The number of aliphatic carboxylic acids is 2. The van der Waals surface area contributed by atoms with Gasteiger partial charge in [0.25, 0.3) is 0 Å². The van der Waals surface area contributed by atoms with Crippen molar-refractivity contribution in [3.8, 4) is 0 Å². The lowest BCUT2D eigenvalue weighted by Gasteiger charge is -2.31. The third-order valence-corrected chi connectivity index (χ3v) is 2.30. The summed E-state index contributed by atoms with van der Waals surface area (Å²) < 4.78 is 10.2. The maximum Gasteiger partial charge on any atom is 0.335 e. The molecule has 0 bridgehead atoms. The zero-order valence-electron chi connectivity index (χ0n) is 11.9. The predicted octanol–water partition coefficient (Wildman–Crippen LogP) is -0.535. The molecule has 4 atom stereocenters. The predicted molar refractivity (Wildman–Crippen MR) is 67.3 cm³/mol. The van der Waals surface area contributed by atoms with E-state index in [1.807, 2.05) is 0 Å². The number of aliphatic hydroxyl groups excluding tert-OH is 2. The Morgan fingerprint density at radius 1 is 0.850 bits per heavy atom. The van der Waals surface area contributed by atoms with Crippen LogP contribution >= 0.6 is 0 Å². The Morgan fingerprint density at radius 3 is 1.60 bits per heavy atom. The molecule has 0 rings (SSSR count). The standard InChI is InChI=1S/C12H22O8/c1-5(2)19-9(8(14)11(15)16)7(13)10(12(17)18)20-6(3)4/h5-10,13-14H,1-4H3,(H,15,16)(H,17,18)/t7?,8-,9+,10?/m0/s1. The molecule has 8 nitrogen and oxygen atoms in total. The van der Waals surface area contributed by atoms with Crippen molar-refractivity contribution in [3.63, 3.8) is 0 Å². The van der Waals surface area contributed by atoms with Gasteiger partial charge in [-0.2, -0.15) is 0 Å². The summed E-state index contributed by atoms with van der Waals surface area (Å²) in [7, 11) is 0. The van der Waals surface area contributed by atoms with Gasteiger partial charge in [0.15, 0.2) is 12.2 Å². The molecule has 0 aromatic carbocycles. The van der Waals surface area contributed by atoms with Crippen LogP contribution < -0.4 is 0 Å². The van der Waals surface area contributed by atoms with Crippen molar-refractivity contribution in [1.82, 2.24) is 0 Å². The molecule has 8 heteroatoms. The topological polar surface area (TPSA) is 134 Å². The number of carbonyl (C=O) groups is 2. The minimum Gasteiger partial charge on any atom is -0.479 e. The molecule has 0 saturated carbocycles. The third kappa shape index (κ3) is 5.83. The second-order valence-electron chi connectivity index (χ2n) is 4.87. The monoisotopic (exact) mass is 294 g/mol. The highest BCUT2D eigenvalue weighted by molar-refractivity contribution is 5.75. The molecule has 0 saturated heterocycles. The van der Waals surface area contributed by atoms with Crippen molar-refractivity contribution in [1.29, 1.82) is 0 Å². The molecule has 0 fully saturated rings. The van der Waals surface area contributed by atoms with Crippen molar-refractivity contribution >= 4 is 11.9 Å². The highest BCUT2D eigenvalue weighted by Crippen LogP contribution is 2.16. The van der Waals surface area contributed by atoms with Crippen molar-refractivity contribution in [2.24, 2.45) is 0 Å². The fourth-order valence-corrected chi connectivity index (χ4v) is 1.55. The van der Waals surface area contributed by atoms with Crippen LogP contribution in [0, 0.1) is 0 Å². The number of carboxylic acids is 2. The maximum atomic E-state index is 11.1. The molecule has 0 aromatic rings. The zero-order chi connectivity index (χ0) is 16.0. The molecular weight excluding hydrogens is 272 g/mol. The van der Waals surface area contributed by atoms with E-state index in [0.717, 1.165) is 0 Å². The van der Waals surface area contributed by atoms with Crippen LogP contribution in [0.2, 0.25) is 0 Å². The molecule has 0 aliphatic rings.